The van der Waals surface area contributed by atoms with Gasteiger partial charge >= 0.3 is 6.18 Å². The number of halogens is 5. The van der Waals surface area contributed by atoms with Crippen LogP contribution in [0.25, 0.3) is 0 Å². The summed E-state index contributed by atoms with van der Waals surface area (Å²) in [7, 11) is 1.47. The lowest BCUT2D eigenvalue weighted by Gasteiger charge is -2.35. The van der Waals surface area contributed by atoms with Crippen LogP contribution in [0.1, 0.15) is 30.0 Å². The van der Waals surface area contributed by atoms with Crippen LogP contribution < -0.4 is 19.9 Å². The Labute approximate surface area is 254 Å². The number of anilines is 1. The van der Waals surface area contributed by atoms with Gasteiger partial charge in [0, 0.05) is 38.6 Å². The van der Waals surface area contributed by atoms with Gasteiger partial charge in [-0.15, -0.1) is 0 Å². The van der Waals surface area contributed by atoms with E-state index in [1.54, 1.807) is 29.2 Å². The maximum atomic E-state index is 13.9. The Bertz CT molecular complexity index is 1480. The van der Waals surface area contributed by atoms with Gasteiger partial charge in [-0.2, -0.15) is 18.3 Å². The first-order valence-electron chi connectivity index (χ1n) is 13.7. The van der Waals surface area contributed by atoms with E-state index >= 15 is 0 Å². The van der Waals surface area contributed by atoms with Gasteiger partial charge < -0.3 is 29.1 Å². The quantitative estimate of drug-likeness (QED) is 0.294. The van der Waals surface area contributed by atoms with Crippen molar-refractivity contribution in [3.05, 3.63) is 69.9 Å². The second-order valence-electron chi connectivity index (χ2n) is 10.1. The van der Waals surface area contributed by atoms with E-state index in [9.17, 15) is 36.6 Å². The Morgan fingerprint density at radius 1 is 1.02 bits per heavy atom. The third-order valence-electron chi connectivity index (χ3n) is 6.81. The number of nitrogens with zero attached hydrogens (tertiary/aromatic N) is 6. The van der Waals surface area contributed by atoms with Gasteiger partial charge in [-0.05, 0) is 24.6 Å². The van der Waals surface area contributed by atoms with Gasteiger partial charge in [0.1, 0.15) is 11.9 Å². The highest BCUT2D eigenvalue weighted by Crippen LogP contribution is 2.33. The van der Waals surface area contributed by atoms with Crippen molar-refractivity contribution >= 4 is 11.9 Å². The molecular weight excluding hydrogens is 611 g/mol. The van der Waals surface area contributed by atoms with Gasteiger partial charge in [0.05, 0.1) is 38.6 Å². The van der Waals surface area contributed by atoms with Crippen LogP contribution >= 0.6 is 0 Å². The number of hydrogen-bond donors (Lipinski definition) is 1. The van der Waals surface area contributed by atoms with E-state index in [0.717, 1.165) is 18.6 Å². The summed E-state index contributed by atoms with van der Waals surface area (Å²) in [6.45, 7) is 1.41. The summed E-state index contributed by atoms with van der Waals surface area (Å²) in [5, 5.41) is 14.2. The lowest BCUT2D eigenvalue weighted by atomic mass is 10.2. The molecule has 1 saturated heterocycles. The summed E-state index contributed by atoms with van der Waals surface area (Å²) >= 11 is 0. The molecule has 0 spiro atoms. The number of piperazine rings is 1. The molecule has 1 aliphatic rings. The van der Waals surface area contributed by atoms with Crippen molar-refractivity contribution < 1.29 is 46.1 Å². The van der Waals surface area contributed by atoms with Crippen molar-refractivity contribution in [2.45, 2.75) is 38.3 Å². The number of aliphatic hydroxyl groups is 1. The fourth-order valence-electron chi connectivity index (χ4n) is 4.45. The molecular formula is C28H31F5N6O6. The molecule has 244 valence electrons. The monoisotopic (exact) mass is 642 g/mol. The van der Waals surface area contributed by atoms with Crippen molar-refractivity contribution in [1.82, 2.24) is 24.6 Å². The predicted molar refractivity (Wildman–Crippen MR) is 148 cm³/mol. The fraction of sp³-hybridized carbons (Fsp3) is 0.464. The Kier molecular flexibility index (Phi) is 10.9. The molecule has 0 unspecified atom stereocenters. The van der Waals surface area contributed by atoms with Gasteiger partial charge in [0.15, 0.2) is 17.4 Å². The lowest BCUT2D eigenvalue weighted by molar-refractivity contribution is -0.145. The summed E-state index contributed by atoms with van der Waals surface area (Å²) in [5.41, 5.74) is -2.69. The van der Waals surface area contributed by atoms with Gasteiger partial charge in [-0.25, -0.2) is 23.4 Å². The van der Waals surface area contributed by atoms with E-state index < -0.39 is 54.2 Å². The average molecular weight is 643 g/mol. The van der Waals surface area contributed by atoms with Crippen LogP contribution in [0, 0.1) is 0 Å². The minimum absolute atomic E-state index is 0.201. The summed E-state index contributed by atoms with van der Waals surface area (Å²) in [6, 6.07) is 6.40. The molecule has 3 aromatic rings. The second-order valence-corrected chi connectivity index (χ2v) is 10.1. The molecule has 12 nitrogen and oxygen atoms in total. The lowest BCUT2D eigenvalue weighted by Crippen LogP contribution is -2.52. The SMILES string of the molecule is COc1ccc(Cn2ncc(O[C@@H](C)COC[C@@H](O)C(=O)N3CCN(c4ncc(C(F)F)cn4)CC3)c(C(F)(F)F)c2=O)cc1. The van der Waals surface area contributed by atoms with Crippen molar-refractivity contribution in [2.24, 2.45) is 0 Å². The topological polar surface area (TPSA) is 132 Å². The number of rotatable bonds is 12. The van der Waals surface area contributed by atoms with E-state index in [-0.39, 0.29) is 37.8 Å². The van der Waals surface area contributed by atoms with Gasteiger partial charge in [0.2, 0.25) is 5.95 Å². The molecule has 3 heterocycles. The number of amides is 1. The molecule has 1 N–H and O–H groups in total. The maximum Gasteiger partial charge on any atom is 0.425 e. The summed E-state index contributed by atoms with van der Waals surface area (Å²) in [6.07, 6.45) is -7.41. The maximum absolute atomic E-state index is 13.9. The van der Waals surface area contributed by atoms with Crippen LogP contribution in [0.15, 0.2) is 47.7 Å². The number of hydrogen-bond acceptors (Lipinski definition) is 10. The van der Waals surface area contributed by atoms with Crippen molar-refractivity contribution in [3.63, 3.8) is 0 Å². The van der Waals surface area contributed by atoms with E-state index in [2.05, 4.69) is 15.1 Å². The molecule has 1 fully saturated rings. The third kappa shape index (κ3) is 8.63. The van der Waals surface area contributed by atoms with Crippen LogP contribution in [0.4, 0.5) is 27.9 Å². The third-order valence-corrected chi connectivity index (χ3v) is 6.81. The zero-order valence-electron chi connectivity index (χ0n) is 24.3. The van der Waals surface area contributed by atoms with Crippen molar-refractivity contribution in [3.8, 4) is 11.5 Å². The number of methoxy groups -OCH3 is 1. The number of alkyl halides is 5. The standard InChI is InChI=1S/C28H31F5N6O6/c1-17(45-22-13-36-39(26(42)23(22)28(31,32)33)14-18-3-5-20(43-2)6-4-18)15-44-16-21(40)25(41)37-7-9-38(10-8-37)27-34-11-19(12-35-27)24(29)30/h3-6,11-13,17,21,24,40H,7-10,14-16H2,1-2H3/t17-,21+/m0/s1. The van der Waals surface area contributed by atoms with Crippen LogP contribution in [0.2, 0.25) is 0 Å². The highest BCUT2D eigenvalue weighted by Gasteiger charge is 2.39. The first-order chi connectivity index (χ1) is 21.4. The van der Waals surface area contributed by atoms with E-state index in [0.29, 0.717) is 29.1 Å². The minimum atomic E-state index is -5.04. The van der Waals surface area contributed by atoms with Gasteiger partial charge in [-0.3, -0.25) is 9.59 Å². The molecule has 17 heteroatoms. The molecule has 0 bridgehead atoms. The van der Waals surface area contributed by atoms with E-state index in [4.69, 9.17) is 14.2 Å². The molecule has 45 heavy (non-hydrogen) atoms. The van der Waals surface area contributed by atoms with Gasteiger partial charge in [0.25, 0.3) is 17.9 Å². The molecule has 1 aromatic carbocycles. The molecule has 0 saturated carbocycles. The highest BCUT2D eigenvalue weighted by atomic mass is 19.4. The molecule has 2 atom stereocenters. The number of ether oxygens (including phenoxy) is 3. The predicted octanol–water partition coefficient (Wildman–Crippen LogP) is 2.54. The largest absolute Gasteiger partial charge is 0.497 e. The van der Waals surface area contributed by atoms with Crippen molar-refractivity contribution in [1.29, 1.82) is 0 Å². The van der Waals surface area contributed by atoms with E-state index in [1.165, 1.54) is 18.9 Å². The number of benzene rings is 1. The molecule has 0 aliphatic carbocycles. The van der Waals surface area contributed by atoms with Crippen LogP contribution in [0.3, 0.4) is 0 Å². The number of aromatic nitrogens is 4. The molecule has 1 aliphatic heterocycles. The Hall–Kier alpha value is -4.38. The Morgan fingerprint density at radius 3 is 2.24 bits per heavy atom. The Balaban J connectivity index is 1.28. The smallest absolute Gasteiger partial charge is 0.425 e. The highest BCUT2D eigenvalue weighted by molar-refractivity contribution is 5.81. The fourth-order valence-corrected chi connectivity index (χ4v) is 4.45. The zero-order chi connectivity index (χ0) is 32.7. The summed E-state index contributed by atoms with van der Waals surface area (Å²) in [5.74, 6) is -0.624. The number of carbonyl (C=O) groups is 1. The van der Waals surface area contributed by atoms with Crippen LogP contribution in [-0.4, -0.2) is 94.4 Å². The molecule has 4 rings (SSSR count). The van der Waals surface area contributed by atoms with E-state index in [1.807, 2.05) is 0 Å². The van der Waals surface area contributed by atoms with Crippen LogP contribution in [-0.2, 0) is 22.3 Å². The minimum Gasteiger partial charge on any atom is -0.497 e. The summed E-state index contributed by atoms with van der Waals surface area (Å²) < 4.78 is 83.5. The molecule has 2 aromatic heterocycles. The number of aliphatic hydroxyl groups excluding tert-OH is 1. The second kappa shape index (κ2) is 14.6. The average Bonchev–Trinajstić information content (AvgIpc) is 3.01. The normalized spacial score (nSPS) is 15.2. The van der Waals surface area contributed by atoms with Crippen molar-refractivity contribution in [2.75, 3.05) is 51.4 Å². The zero-order valence-corrected chi connectivity index (χ0v) is 24.3. The Morgan fingerprint density at radius 2 is 1.67 bits per heavy atom. The molecule has 0 radical (unpaired) electrons. The first kappa shape index (κ1) is 33.5. The number of carbonyl (C=O) groups excluding carboxylic acids is 1. The first-order valence-corrected chi connectivity index (χ1v) is 13.7. The summed E-state index contributed by atoms with van der Waals surface area (Å²) in [4.78, 5) is 36.4. The molecule has 1 amide bonds. The van der Waals surface area contributed by atoms with Gasteiger partial charge in [-0.1, -0.05) is 12.1 Å². The van der Waals surface area contributed by atoms with Crippen LogP contribution in [0.5, 0.6) is 11.5 Å².